The van der Waals surface area contributed by atoms with Crippen molar-refractivity contribution >= 4 is 18.0 Å². The van der Waals surface area contributed by atoms with Gasteiger partial charge in [0.25, 0.3) is 0 Å². The zero-order chi connectivity index (χ0) is 24.5. The van der Waals surface area contributed by atoms with Crippen LogP contribution in [0.1, 0.15) is 74.8 Å². The van der Waals surface area contributed by atoms with Crippen LogP contribution in [-0.2, 0) is 14.3 Å². The molecule has 2 saturated carbocycles. The number of fused-ring (bicyclic) bond motifs is 3. The Labute approximate surface area is 205 Å². The second-order valence-corrected chi connectivity index (χ2v) is 10.1. The number of carbonyl (C=O) groups is 3. The van der Waals surface area contributed by atoms with Gasteiger partial charge in [-0.15, -0.1) is 0 Å². The summed E-state index contributed by atoms with van der Waals surface area (Å²) in [6, 6.07) is 16.3. The van der Waals surface area contributed by atoms with Crippen molar-refractivity contribution in [2.75, 3.05) is 6.61 Å². The number of hydrogen-bond acceptors (Lipinski definition) is 4. The summed E-state index contributed by atoms with van der Waals surface area (Å²) in [4.78, 5) is 38.5. The maximum Gasteiger partial charge on any atom is 0.408 e. The van der Waals surface area contributed by atoms with Gasteiger partial charge >= 0.3 is 12.1 Å². The van der Waals surface area contributed by atoms with Crippen LogP contribution in [0, 0.1) is 0 Å². The van der Waals surface area contributed by atoms with E-state index in [2.05, 4.69) is 34.9 Å². The molecule has 0 aliphatic heterocycles. The maximum atomic E-state index is 13.4. The highest BCUT2D eigenvalue weighted by molar-refractivity contribution is 5.94. The number of carboxylic acids is 1. The Morgan fingerprint density at radius 3 is 1.86 bits per heavy atom. The molecule has 0 atom stereocenters. The van der Waals surface area contributed by atoms with Gasteiger partial charge in [-0.25, -0.2) is 9.59 Å². The normalized spacial score (nSPS) is 19.9. The Morgan fingerprint density at radius 1 is 0.771 bits per heavy atom. The van der Waals surface area contributed by atoms with E-state index in [1.54, 1.807) is 0 Å². The zero-order valence-electron chi connectivity index (χ0n) is 19.8. The highest BCUT2D eigenvalue weighted by Gasteiger charge is 2.49. The van der Waals surface area contributed by atoms with Crippen LogP contribution < -0.4 is 10.6 Å². The van der Waals surface area contributed by atoms with Gasteiger partial charge in [-0.2, -0.15) is 0 Å². The third-order valence-corrected chi connectivity index (χ3v) is 8.05. The van der Waals surface area contributed by atoms with Gasteiger partial charge in [0.05, 0.1) is 0 Å². The predicted molar refractivity (Wildman–Crippen MR) is 131 cm³/mol. The van der Waals surface area contributed by atoms with E-state index in [-0.39, 0.29) is 12.5 Å². The van der Waals surface area contributed by atoms with Crippen LogP contribution in [0.5, 0.6) is 0 Å². The summed E-state index contributed by atoms with van der Waals surface area (Å²) in [6.07, 6.45) is 5.19. The van der Waals surface area contributed by atoms with Crippen LogP contribution in [0.25, 0.3) is 11.1 Å². The van der Waals surface area contributed by atoms with Gasteiger partial charge in [0.2, 0.25) is 5.91 Å². The van der Waals surface area contributed by atoms with Crippen LogP contribution in [0.2, 0.25) is 0 Å². The molecule has 3 aliphatic carbocycles. The summed E-state index contributed by atoms with van der Waals surface area (Å²) < 4.78 is 5.69. The Kier molecular flexibility index (Phi) is 6.26. The molecular formula is C28H32N2O5. The SMILES string of the molecule is O=C(NC1(C(=O)NC2(C(=O)O)CCCCC2)CCCC1)OCC1c2ccccc2-c2ccccc21. The van der Waals surface area contributed by atoms with Gasteiger partial charge in [-0.05, 0) is 47.9 Å². The lowest BCUT2D eigenvalue weighted by molar-refractivity contribution is -0.150. The van der Waals surface area contributed by atoms with Crippen LogP contribution in [0.15, 0.2) is 48.5 Å². The fraction of sp³-hybridized carbons (Fsp3) is 0.464. The number of aliphatic carboxylic acids is 1. The average Bonchev–Trinajstić information content (AvgIpc) is 3.47. The van der Waals surface area contributed by atoms with Crippen LogP contribution in [-0.4, -0.2) is 40.8 Å². The van der Waals surface area contributed by atoms with E-state index in [0.29, 0.717) is 25.7 Å². The second-order valence-electron chi connectivity index (χ2n) is 10.1. The molecular weight excluding hydrogens is 444 g/mol. The molecule has 7 heteroatoms. The number of carboxylic acid groups (broad SMARTS) is 1. The molecule has 2 aromatic rings. The molecule has 2 aromatic carbocycles. The third-order valence-electron chi connectivity index (χ3n) is 8.05. The summed E-state index contributed by atoms with van der Waals surface area (Å²) in [6.45, 7) is 0.163. The molecule has 0 aromatic heterocycles. The summed E-state index contributed by atoms with van der Waals surface area (Å²) >= 11 is 0. The molecule has 5 rings (SSSR count). The van der Waals surface area contributed by atoms with E-state index in [4.69, 9.17) is 4.74 Å². The molecule has 184 valence electrons. The van der Waals surface area contributed by atoms with E-state index < -0.39 is 29.0 Å². The molecule has 3 aliphatic rings. The summed E-state index contributed by atoms with van der Waals surface area (Å²) in [5.74, 6) is -1.48. The molecule has 0 spiro atoms. The van der Waals surface area contributed by atoms with Crippen molar-refractivity contribution in [3.63, 3.8) is 0 Å². The number of benzene rings is 2. The number of rotatable bonds is 6. The van der Waals surface area contributed by atoms with Crippen molar-refractivity contribution < 1.29 is 24.2 Å². The zero-order valence-corrected chi connectivity index (χ0v) is 19.8. The van der Waals surface area contributed by atoms with E-state index in [9.17, 15) is 19.5 Å². The number of hydrogen-bond donors (Lipinski definition) is 3. The summed E-state index contributed by atoms with van der Waals surface area (Å²) in [5.41, 5.74) is 2.15. The van der Waals surface area contributed by atoms with Crippen molar-refractivity contribution in [1.29, 1.82) is 0 Å². The smallest absolute Gasteiger partial charge is 0.408 e. The van der Waals surface area contributed by atoms with Gasteiger partial charge < -0.3 is 20.5 Å². The fourth-order valence-electron chi connectivity index (χ4n) is 6.10. The Hall–Kier alpha value is -3.35. The van der Waals surface area contributed by atoms with Crippen molar-refractivity contribution in [1.82, 2.24) is 10.6 Å². The highest BCUT2D eigenvalue weighted by Crippen LogP contribution is 2.44. The van der Waals surface area contributed by atoms with Gasteiger partial charge in [0, 0.05) is 5.92 Å². The molecule has 0 radical (unpaired) electrons. The van der Waals surface area contributed by atoms with E-state index in [1.165, 1.54) is 0 Å². The number of ether oxygens (including phenoxy) is 1. The van der Waals surface area contributed by atoms with E-state index in [0.717, 1.165) is 54.4 Å². The number of alkyl carbamates (subject to hydrolysis) is 1. The minimum Gasteiger partial charge on any atom is -0.480 e. The van der Waals surface area contributed by atoms with Gasteiger partial charge in [0.15, 0.2) is 0 Å². The van der Waals surface area contributed by atoms with E-state index in [1.807, 2.05) is 24.3 Å². The van der Waals surface area contributed by atoms with Gasteiger partial charge in [0.1, 0.15) is 17.7 Å². The number of carbonyl (C=O) groups excluding carboxylic acids is 2. The monoisotopic (exact) mass is 476 g/mol. The molecule has 3 N–H and O–H groups in total. The lowest BCUT2D eigenvalue weighted by atomic mass is 9.80. The first kappa shape index (κ1) is 23.4. The molecule has 0 heterocycles. The number of nitrogens with one attached hydrogen (secondary N) is 2. The Balaban J connectivity index is 1.28. The van der Waals surface area contributed by atoms with E-state index >= 15 is 0 Å². The summed E-state index contributed by atoms with van der Waals surface area (Å²) in [5, 5.41) is 15.6. The first-order valence-electron chi connectivity index (χ1n) is 12.6. The largest absolute Gasteiger partial charge is 0.480 e. The molecule has 0 bridgehead atoms. The third kappa shape index (κ3) is 4.28. The lowest BCUT2D eigenvalue weighted by Gasteiger charge is -2.38. The van der Waals surface area contributed by atoms with Crippen LogP contribution in [0.4, 0.5) is 4.79 Å². The minimum absolute atomic E-state index is 0.0703. The predicted octanol–water partition coefficient (Wildman–Crippen LogP) is 4.74. The van der Waals surface area contributed by atoms with Gasteiger partial charge in [-0.3, -0.25) is 4.79 Å². The molecule has 2 amide bonds. The molecule has 0 saturated heterocycles. The quantitative estimate of drug-likeness (QED) is 0.559. The Bertz CT molecular complexity index is 1090. The van der Waals surface area contributed by atoms with Crippen molar-refractivity contribution in [2.45, 2.75) is 74.8 Å². The first-order valence-corrected chi connectivity index (χ1v) is 12.6. The van der Waals surface area contributed by atoms with Crippen molar-refractivity contribution in [2.24, 2.45) is 0 Å². The molecule has 7 nitrogen and oxygen atoms in total. The lowest BCUT2D eigenvalue weighted by Crippen LogP contribution is -2.64. The summed E-state index contributed by atoms with van der Waals surface area (Å²) in [7, 11) is 0. The first-order chi connectivity index (χ1) is 16.9. The minimum atomic E-state index is -1.26. The second kappa shape index (κ2) is 9.36. The van der Waals surface area contributed by atoms with Gasteiger partial charge in [-0.1, -0.05) is 80.6 Å². The standard InChI is InChI=1S/C28H32N2O5/c31-24(29-28(25(32)33)16-6-1-7-17-28)27(14-8-9-15-27)30-26(34)35-18-23-21-12-4-2-10-19(21)20-11-3-5-13-22(20)23/h2-5,10-13,23H,1,6-9,14-18H2,(H,29,31)(H,30,34)(H,32,33). The Morgan fingerprint density at radius 2 is 1.29 bits per heavy atom. The van der Waals surface area contributed by atoms with Crippen LogP contribution in [0.3, 0.4) is 0 Å². The maximum absolute atomic E-state index is 13.4. The van der Waals surface area contributed by atoms with Crippen molar-refractivity contribution in [3.05, 3.63) is 59.7 Å². The molecule has 2 fully saturated rings. The number of amides is 2. The molecule has 0 unspecified atom stereocenters. The average molecular weight is 477 g/mol. The highest BCUT2D eigenvalue weighted by atomic mass is 16.5. The van der Waals surface area contributed by atoms with Crippen molar-refractivity contribution in [3.8, 4) is 11.1 Å². The van der Waals surface area contributed by atoms with Crippen LogP contribution >= 0.6 is 0 Å². The molecule has 35 heavy (non-hydrogen) atoms. The topological polar surface area (TPSA) is 105 Å². The fourth-order valence-corrected chi connectivity index (χ4v) is 6.10.